The van der Waals surface area contributed by atoms with Crippen molar-refractivity contribution in [2.45, 2.75) is 32.5 Å². The normalized spacial score (nSPS) is 13.1. The van der Waals surface area contributed by atoms with Gasteiger partial charge in [0.15, 0.2) is 11.4 Å². The fourth-order valence-corrected chi connectivity index (χ4v) is 2.43. The molecule has 2 rings (SSSR count). The molecule has 1 aromatic carbocycles. The Morgan fingerprint density at radius 3 is 2.56 bits per heavy atom. The van der Waals surface area contributed by atoms with Gasteiger partial charge in [-0.2, -0.15) is 13.2 Å². The minimum absolute atomic E-state index is 0.169. The number of nitrogens with zero attached hydrogens (tertiary/aromatic N) is 4. The number of alkyl halides is 3. The summed E-state index contributed by atoms with van der Waals surface area (Å²) in [6.07, 6.45) is -4.48. The van der Waals surface area contributed by atoms with Crippen LogP contribution < -0.4 is 5.73 Å². The van der Waals surface area contributed by atoms with Crippen LogP contribution in [0.4, 0.5) is 17.6 Å². The Balaban J connectivity index is 2.35. The van der Waals surface area contributed by atoms with E-state index in [2.05, 4.69) is 10.3 Å². The minimum atomic E-state index is -4.91. The summed E-state index contributed by atoms with van der Waals surface area (Å²) in [4.78, 5) is 13.6. The lowest BCUT2D eigenvalue weighted by molar-refractivity contribution is -0.143. The van der Waals surface area contributed by atoms with Crippen molar-refractivity contribution in [3.8, 4) is 5.69 Å². The summed E-state index contributed by atoms with van der Waals surface area (Å²) in [6, 6.07) is 4.26. The molecule has 27 heavy (non-hydrogen) atoms. The Morgan fingerprint density at radius 2 is 2.00 bits per heavy atom. The summed E-state index contributed by atoms with van der Waals surface area (Å²) >= 11 is 0. The van der Waals surface area contributed by atoms with Crippen molar-refractivity contribution < 1.29 is 22.4 Å². The Kier molecular flexibility index (Phi) is 6.19. The van der Waals surface area contributed by atoms with E-state index >= 15 is 0 Å². The molecule has 0 saturated heterocycles. The van der Waals surface area contributed by atoms with Crippen molar-refractivity contribution in [1.82, 2.24) is 19.9 Å². The molecule has 0 aliphatic rings. The number of carbonyl (C=O) groups excluding carboxylic acids is 1. The van der Waals surface area contributed by atoms with Crippen molar-refractivity contribution in [3.63, 3.8) is 0 Å². The maximum absolute atomic E-state index is 13.6. The molecular weight excluding hydrogens is 366 g/mol. The summed E-state index contributed by atoms with van der Waals surface area (Å²) in [5.74, 6) is -1.49. The largest absolute Gasteiger partial charge is 0.435 e. The molecule has 10 heteroatoms. The number of rotatable bonds is 6. The van der Waals surface area contributed by atoms with Crippen molar-refractivity contribution in [1.29, 1.82) is 0 Å². The second-order valence-corrected chi connectivity index (χ2v) is 6.60. The molecule has 1 aromatic heterocycles. The molecule has 148 valence electrons. The van der Waals surface area contributed by atoms with Gasteiger partial charge in [-0.1, -0.05) is 25.1 Å². The molecule has 0 bridgehead atoms. The van der Waals surface area contributed by atoms with Crippen LogP contribution in [0.15, 0.2) is 24.3 Å². The predicted molar refractivity (Wildman–Crippen MR) is 90.7 cm³/mol. The molecule has 0 fully saturated rings. The van der Waals surface area contributed by atoms with Crippen LogP contribution in [0.1, 0.15) is 36.5 Å². The summed E-state index contributed by atoms with van der Waals surface area (Å²) in [6.45, 7) is 4.00. The number of nitrogens with two attached hydrogens (primary N) is 1. The number of hydrogen-bond acceptors (Lipinski definition) is 4. The second kappa shape index (κ2) is 8.03. The predicted octanol–water partition coefficient (Wildman–Crippen LogP) is 2.87. The van der Waals surface area contributed by atoms with Gasteiger partial charge in [-0.3, -0.25) is 4.79 Å². The molecule has 2 N–H and O–H groups in total. The molecule has 0 spiro atoms. The first-order chi connectivity index (χ1) is 12.5. The fourth-order valence-electron chi connectivity index (χ4n) is 2.43. The van der Waals surface area contributed by atoms with Gasteiger partial charge in [-0.15, -0.1) is 5.10 Å². The number of halogens is 4. The van der Waals surface area contributed by atoms with Crippen LogP contribution in [-0.4, -0.2) is 45.4 Å². The highest BCUT2D eigenvalue weighted by atomic mass is 19.4. The lowest BCUT2D eigenvalue weighted by Crippen LogP contribution is -2.35. The van der Waals surface area contributed by atoms with Crippen LogP contribution in [0.25, 0.3) is 5.69 Å². The minimum Gasteiger partial charge on any atom is -0.340 e. The lowest BCUT2D eigenvalue weighted by atomic mass is 10.0. The molecule has 0 aliphatic carbocycles. The molecule has 1 heterocycles. The molecule has 1 amide bonds. The maximum Gasteiger partial charge on any atom is 0.435 e. The summed E-state index contributed by atoms with van der Waals surface area (Å²) in [5.41, 5.74) is 3.54. The van der Waals surface area contributed by atoms with Gasteiger partial charge < -0.3 is 10.6 Å². The van der Waals surface area contributed by atoms with E-state index in [9.17, 15) is 22.4 Å². The molecule has 0 saturated carbocycles. The van der Waals surface area contributed by atoms with E-state index in [4.69, 9.17) is 5.73 Å². The molecule has 1 unspecified atom stereocenters. The quantitative estimate of drug-likeness (QED) is 0.774. The first-order valence-corrected chi connectivity index (χ1v) is 8.32. The van der Waals surface area contributed by atoms with Crippen molar-refractivity contribution in [2.24, 2.45) is 11.7 Å². The Labute approximate surface area is 153 Å². The summed E-state index contributed by atoms with van der Waals surface area (Å²) in [5, 5.41) is 6.85. The van der Waals surface area contributed by atoms with Crippen LogP contribution in [0.2, 0.25) is 0 Å². The van der Waals surface area contributed by atoms with E-state index in [1.54, 1.807) is 0 Å². The molecule has 0 aliphatic heterocycles. The molecule has 1 atom stereocenters. The zero-order valence-electron chi connectivity index (χ0n) is 15.2. The number of benzene rings is 1. The van der Waals surface area contributed by atoms with Crippen LogP contribution >= 0.6 is 0 Å². The third kappa shape index (κ3) is 4.82. The molecular formula is C17H21F4N5O. The van der Waals surface area contributed by atoms with Gasteiger partial charge in [0, 0.05) is 19.6 Å². The summed E-state index contributed by atoms with van der Waals surface area (Å²) in [7, 11) is 1.37. The third-order valence-corrected chi connectivity index (χ3v) is 4.19. The topological polar surface area (TPSA) is 77.0 Å². The highest BCUT2D eigenvalue weighted by molar-refractivity contribution is 5.93. The van der Waals surface area contributed by atoms with Gasteiger partial charge in [0.1, 0.15) is 5.82 Å². The Morgan fingerprint density at radius 1 is 1.33 bits per heavy atom. The first-order valence-electron chi connectivity index (χ1n) is 8.32. The van der Waals surface area contributed by atoms with E-state index in [1.807, 2.05) is 13.8 Å². The molecule has 6 nitrogen and oxygen atoms in total. The standard InChI is InChI=1S/C17H21F4N5O/c1-10(2)13(22)7-8-25(3)16(27)14-15(17(19,20)21)26(24-23-14)12-6-4-5-11(18)9-12/h4-6,9-10,13H,7-8,22H2,1-3H3. The summed E-state index contributed by atoms with van der Waals surface area (Å²) < 4.78 is 54.6. The van der Waals surface area contributed by atoms with E-state index < -0.39 is 29.3 Å². The van der Waals surface area contributed by atoms with E-state index in [-0.39, 0.29) is 24.2 Å². The SMILES string of the molecule is CC(C)C(N)CCN(C)C(=O)c1nnn(-c2cccc(F)c2)c1C(F)(F)F. The monoisotopic (exact) mass is 387 g/mol. The molecule has 0 radical (unpaired) electrons. The van der Waals surface area contributed by atoms with Crippen molar-refractivity contribution in [3.05, 3.63) is 41.5 Å². The van der Waals surface area contributed by atoms with Crippen molar-refractivity contribution in [2.75, 3.05) is 13.6 Å². The molecule has 2 aromatic rings. The van der Waals surface area contributed by atoms with Gasteiger partial charge in [-0.25, -0.2) is 9.07 Å². The average molecular weight is 387 g/mol. The van der Waals surface area contributed by atoms with Gasteiger partial charge in [0.25, 0.3) is 5.91 Å². The van der Waals surface area contributed by atoms with Crippen LogP contribution in [-0.2, 0) is 6.18 Å². The number of hydrogen-bond donors (Lipinski definition) is 1. The number of amides is 1. The van der Waals surface area contributed by atoms with E-state index in [1.165, 1.54) is 19.2 Å². The first kappa shape index (κ1) is 20.8. The van der Waals surface area contributed by atoms with Crippen LogP contribution in [0.5, 0.6) is 0 Å². The lowest BCUT2D eigenvalue weighted by Gasteiger charge is -2.21. The number of aromatic nitrogens is 3. The second-order valence-electron chi connectivity index (χ2n) is 6.60. The van der Waals surface area contributed by atoms with Crippen LogP contribution in [0.3, 0.4) is 0 Å². The third-order valence-electron chi connectivity index (χ3n) is 4.19. The van der Waals surface area contributed by atoms with Gasteiger partial charge in [0.2, 0.25) is 0 Å². The Bertz CT molecular complexity index is 803. The van der Waals surface area contributed by atoms with Gasteiger partial charge >= 0.3 is 6.18 Å². The Hall–Kier alpha value is -2.49. The zero-order valence-corrected chi connectivity index (χ0v) is 15.2. The number of carbonyl (C=O) groups is 1. The average Bonchev–Trinajstić information content (AvgIpc) is 3.03. The van der Waals surface area contributed by atoms with Gasteiger partial charge in [0.05, 0.1) is 5.69 Å². The van der Waals surface area contributed by atoms with Crippen LogP contribution in [0, 0.1) is 11.7 Å². The maximum atomic E-state index is 13.6. The zero-order chi connectivity index (χ0) is 20.4. The fraction of sp³-hybridized carbons (Fsp3) is 0.471. The van der Waals surface area contributed by atoms with Gasteiger partial charge in [-0.05, 0) is 30.5 Å². The van der Waals surface area contributed by atoms with Crippen molar-refractivity contribution >= 4 is 5.91 Å². The highest BCUT2D eigenvalue weighted by Gasteiger charge is 2.42. The smallest absolute Gasteiger partial charge is 0.340 e. The van der Waals surface area contributed by atoms with E-state index in [0.717, 1.165) is 17.0 Å². The van der Waals surface area contributed by atoms with E-state index in [0.29, 0.717) is 11.1 Å². The highest BCUT2D eigenvalue weighted by Crippen LogP contribution is 2.33.